The molecule has 1 spiro atoms. The fraction of sp³-hybridized carbons (Fsp3) is 0.679. The van der Waals surface area contributed by atoms with Gasteiger partial charge in [0.05, 0.1) is 23.2 Å². The maximum Gasteiger partial charge on any atom is 0.244 e. The van der Waals surface area contributed by atoms with Crippen LogP contribution >= 0.6 is 11.8 Å². The normalized spacial score (nSPS) is 32.9. The molecule has 1 aromatic carbocycles. The topological polar surface area (TPSA) is 108 Å². The Labute approximate surface area is 223 Å². The fourth-order valence-corrected chi connectivity index (χ4v) is 9.51. The average Bonchev–Trinajstić information content (AvgIpc) is 3.45. The predicted octanol–water partition coefficient (Wildman–Crippen LogP) is 3.34. The molecule has 5 rings (SSSR count). The maximum atomic E-state index is 14.0. The lowest BCUT2D eigenvalue weighted by Gasteiger charge is -2.36. The Balaban J connectivity index is 1.41. The molecule has 5 atom stereocenters. The monoisotopic (exact) mass is 529 g/mol. The number of hydrogen-bond acceptors (Lipinski definition) is 6. The van der Waals surface area contributed by atoms with Crippen molar-refractivity contribution in [2.75, 3.05) is 25.1 Å². The van der Waals surface area contributed by atoms with E-state index in [9.17, 15) is 19.5 Å². The van der Waals surface area contributed by atoms with Crippen LogP contribution in [0.1, 0.15) is 65.2 Å². The van der Waals surface area contributed by atoms with E-state index in [0.29, 0.717) is 25.3 Å². The highest BCUT2D eigenvalue weighted by atomic mass is 32.2. The molecule has 1 saturated carbocycles. The summed E-state index contributed by atoms with van der Waals surface area (Å²) in [7, 11) is 0. The number of carbonyl (C=O) groups is 3. The Morgan fingerprint density at radius 2 is 1.86 bits per heavy atom. The number of hydrogen-bond donors (Lipinski definition) is 3. The molecule has 1 aromatic rings. The van der Waals surface area contributed by atoms with Gasteiger partial charge in [-0.2, -0.15) is 0 Å². The number of aliphatic hydroxyl groups excluding tert-OH is 1. The highest BCUT2D eigenvalue weighted by Gasteiger charge is 2.77. The third-order valence-electron chi connectivity index (χ3n) is 8.75. The summed E-state index contributed by atoms with van der Waals surface area (Å²) in [6.07, 6.45) is 7.28. The molecule has 1 aliphatic carbocycles. The molecule has 202 valence electrons. The third-order valence-corrected chi connectivity index (χ3v) is 10.7. The first-order valence-electron chi connectivity index (χ1n) is 13.8. The summed E-state index contributed by atoms with van der Waals surface area (Å²) < 4.78 is 4.46. The molecular formula is C28H39N3O5S. The number of rotatable bonds is 9. The Bertz CT molecular complexity index is 1030. The number of thioether (sulfide) groups is 1. The first kappa shape index (κ1) is 26.4. The number of benzene rings is 1. The Kier molecular flexibility index (Phi) is 7.47. The van der Waals surface area contributed by atoms with E-state index < -0.39 is 27.4 Å². The molecule has 0 radical (unpaired) electrons. The summed E-state index contributed by atoms with van der Waals surface area (Å²) in [5.41, 5.74) is 0.660. The summed E-state index contributed by atoms with van der Waals surface area (Å²) in [5.74, 6) is -0.743. The van der Waals surface area contributed by atoms with Crippen LogP contribution in [0.3, 0.4) is 0 Å². The van der Waals surface area contributed by atoms with E-state index in [4.69, 9.17) is 4.74 Å². The minimum Gasteiger partial charge on any atom is -0.494 e. The number of nitrogens with one attached hydrogen (secondary N) is 2. The average molecular weight is 530 g/mol. The van der Waals surface area contributed by atoms with Crippen LogP contribution in [0, 0.1) is 11.8 Å². The first-order chi connectivity index (χ1) is 17.8. The van der Waals surface area contributed by atoms with Gasteiger partial charge in [-0.25, -0.2) is 0 Å². The molecule has 4 aliphatic rings. The molecule has 3 heterocycles. The standard InChI is InChI=1S/C28H39N3O5S/c1-3-36-20-12-10-19(11-13-20)29-24(33)21-22-26(35)31(16-7-17-32)23(28(22)15-14-27(21,2)37-28)25(34)30-18-8-5-4-6-9-18/h10-13,18,21-23,32H,3-9,14-17H2,1-2H3,(H,29,33)(H,30,34)/t21-,22+,23?,27+,28?/m1/s1. The summed E-state index contributed by atoms with van der Waals surface area (Å²) in [6.45, 7) is 4.84. The Morgan fingerprint density at radius 1 is 1.14 bits per heavy atom. The van der Waals surface area contributed by atoms with E-state index in [0.717, 1.165) is 44.3 Å². The lowest BCUT2D eigenvalue weighted by atomic mass is 9.66. The fourth-order valence-electron chi connectivity index (χ4n) is 7.16. The van der Waals surface area contributed by atoms with Gasteiger partial charge in [0.2, 0.25) is 17.7 Å². The Hall–Kier alpha value is -2.26. The van der Waals surface area contributed by atoms with E-state index in [1.807, 2.05) is 31.2 Å². The van der Waals surface area contributed by atoms with Crippen LogP contribution in [0.5, 0.6) is 5.75 Å². The lowest BCUT2D eigenvalue weighted by molar-refractivity contribution is -0.139. The summed E-state index contributed by atoms with van der Waals surface area (Å²) >= 11 is 1.68. The van der Waals surface area contributed by atoms with Gasteiger partial charge in [-0.15, -0.1) is 11.8 Å². The van der Waals surface area contributed by atoms with Crippen LogP contribution in [0.4, 0.5) is 5.69 Å². The summed E-state index contributed by atoms with van der Waals surface area (Å²) in [6, 6.07) is 6.79. The van der Waals surface area contributed by atoms with Gasteiger partial charge < -0.3 is 25.4 Å². The number of ether oxygens (including phenoxy) is 1. The van der Waals surface area contributed by atoms with Gasteiger partial charge in [-0.3, -0.25) is 14.4 Å². The van der Waals surface area contributed by atoms with Crippen molar-refractivity contribution in [2.45, 2.75) is 86.8 Å². The lowest BCUT2D eigenvalue weighted by Crippen LogP contribution is -2.55. The van der Waals surface area contributed by atoms with E-state index in [1.54, 1.807) is 16.7 Å². The van der Waals surface area contributed by atoms with Crippen molar-refractivity contribution in [1.82, 2.24) is 10.2 Å². The van der Waals surface area contributed by atoms with Crippen LogP contribution in [-0.2, 0) is 14.4 Å². The molecule has 3 amide bonds. The molecule has 3 saturated heterocycles. The second-order valence-electron chi connectivity index (χ2n) is 11.1. The van der Waals surface area contributed by atoms with Crippen LogP contribution in [0.2, 0.25) is 0 Å². The smallest absolute Gasteiger partial charge is 0.244 e. The largest absolute Gasteiger partial charge is 0.494 e. The number of anilines is 1. The van der Waals surface area contributed by atoms with E-state index >= 15 is 0 Å². The van der Waals surface area contributed by atoms with E-state index in [2.05, 4.69) is 17.6 Å². The van der Waals surface area contributed by atoms with Gasteiger partial charge in [-0.05, 0) is 70.2 Å². The van der Waals surface area contributed by atoms with Crippen molar-refractivity contribution in [3.8, 4) is 5.75 Å². The summed E-state index contributed by atoms with van der Waals surface area (Å²) in [5, 5.41) is 15.8. The minimum absolute atomic E-state index is 0.0507. The van der Waals surface area contributed by atoms with Crippen molar-refractivity contribution < 1.29 is 24.2 Å². The zero-order chi connectivity index (χ0) is 26.2. The van der Waals surface area contributed by atoms with Crippen LogP contribution < -0.4 is 15.4 Å². The highest BCUT2D eigenvalue weighted by Crippen LogP contribution is 2.71. The van der Waals surface area contributed by atoms with E-state index in [1.165, 1.54) is 6.42 Å². The number of carbonyl (C=O) groups excluding carboxylic acids is 3. The second kappa shape index (κ2) is 10.5. The molecule has 3 N–H and O–H groups in total. The van der Waals surface area contributed by atoms with Crippen molar-refractivity contribution in [2.24, 2.45) is 11.8 Å². The van der Waals surface area contributed by atoms with Crippen molar-refractivity contribution in [1.29, 1.82) is 0 Å². The molecular weight excluding hydrogens is 490 g/mol. The SMILES string of the molecule is CCOc1ccc(NC(=O)[C@H]2[C@H]3C(=O)N(CCCO)C(C(=O)NC4CCCCC4)C34CC[C@]2(C)S4)cc1. The third kappa shape index (κ3) is 4.62. The van der Waals surface area contributed by atoms with Gasteiger partial charge in [-0.1, -0.05) is 19.3 Å². The second-order valence-corrected chi connectivity index (χ2v) is 13.0. The first-order valence-corrected chi connectivity index (χ1v) is 14.6. The molecule has 8 nitrogen and oxygen atoms in total. The van der Waals surface area contributed by atoms with Crippen LogP contribution in [0.15, 0.2) is 24.3 Å². The molecule has 2 unspecified atom stereocenters. The molecule has 37 heavy (non-hydrogen) atoms. The zero-order valence-corrected chi connectivity index (χ0v) is 22.6. The Morgan fingerprint density at radius 3 is 2.54 bits per heavy atom. The molecule has 3 aliphatic heterocycles. The van der Waals surface area contributed by atoms with Gasteiger partial charge in [0, 0.05) is 29.6 Å². The van der Waals surface area contributed by atoms with Crippen LogP contribution in [0.25, 0.3) is 0 Å². The van der Waals surface area contributed by atoms with Crippen LogP contribution in [-0.4, -0.2) is 69.1 Å². The van der Waals surface area contributed by atoms with Crippen molar-refractivity contribution in [3.05, 3.63) is 24.3 Å². The number of nitrogens with zero attached hydrogens (tertiary/aromatic N) is 1. The highest BCUT2D eigenvalue weighted by molar-refractivity contribution is 8.02. The number of aliphatic hydroxyl groups is 1. The number of fused-ring (bicyclic) bond motifs is 1. The number of amides is 3. The van der Waals surface area contributed by atoms with Crippen molar-refractivity contribution >= 4 is 35.2 Å². The van der Waals surface area contributed by atoms with Gasteiger partial charge in [0.1, 0.15) is 11.8 Å². The van der Waals surface area contributed by atoms with Gasteiger partial charge in [0.25, 0.3) is 0 Å². The quantitative estimate of drug-likeness (QED) is 0.453. The van der Waals surface area contributed by atoms with Gasteiger partial charge >= 0.3 is 0 Å². The molecule has 0 aromatic heterocycles. The molecule has 2 bridgehead atoms. The maximum absolute atomic E-state index is 14.0. The minimum atomic E-state index is -0.624. The molecule has 9 heteroatoms. The summed E-state index contributed by atoms with van der Waals surface area (Å²) in [4.78, 5) is 43.2. The van der Waals surface area contributed by atoms with Crippen molar-refractivity contribution in [3.63, 3.8) is 0 Å². The molecule has 4 fully saturated rings. The zero-order valence-electron chi connectivity index (χ0n) is 21.8. The predicted molar refractivity (Wildman–Crippen MR) is 143 cm³/mol. The number of likely N-dealkylation sites (tertiary alicyclic amines) is 1. The van der Waals surface area contributed by atoms with E-state index in [-0.39, 0.29) is 30.4 Å². The van der Waals surface area contributed by atoms with Gasteiger partial charge in [0.15, 0.2) is 0 Å².